The van der Waals surface area contributed by atoms with Crippen LogP contribution < -0.4 is 5.32 Å². The highest BCUT2D eigenvalue weighted by Crippen LogP contribution is 2.44. The van der Waals surface area contributed by atoms with Crippen molar-refractivity contribution in [3.63, 3.8) is 0 Å². The molecule has 0 bridgehead atoms. The van der Waals surface area contributed by atoms with E-state index in [9.17, 15) is 5.11 Å². The van der Waals surface area contributed by atoms with Crippen LogP contribution >= 0.6 is 15.9 Å². The fourth-order valence-corrected chi connectivity index (χ4v) is 2.19. The molecule has 1 saturated carbocycles. The predicted molar refractivity (Wildman–Crippen MR) is 61.6 cm³/mol. The monoisotopic (exact) mass is 273 g/mol. The van der Waals surface area contributed by atoms with Crippen molar-refractivity contribution >= 4 is 15.9 Å². The van der Waals surface area contributed by atoms with Crippen molar-refractivity contribution in [1.82, 2.24) is 5.32 Å². The lowest BCUT2D eigenvalue weighted by Crippen LogP contribution is -2.28. The van der Waals surface area contributed by atoms with E-state index in [0.29, 0.717) is 0 Å². The minimum atomic E-state index is 0.146. The largest absolute Gasteiger partial charge is 0.466 e. The Kier molecular flexibility index (Phi) is 3.19. The predicted octanol–water partition coefficient (Wildman–Crippen LogP) is 2.47. The third-order valence-electron chi connectivity index (χ3n) is 3.11. The minimum Gasteiger partial charge on any atom is -0.466 e. The van der Waals surface area contributed by atoms with Crippen LogP contribution in [-0.2, 0) is 0 Å². The quantitative estimate of drug-likeness (QED) is 0.867. The van der Waals surface area contributed by atoms with E-state index in [0.717, 1.165) is 29.6 Å². The number of aliphatic hydroxyl groups excluding tert-OH is 1. The first-order valence-electron chi connectivity index (χ1n) is 5.24. The van der Waals surface area contributed by atoms with Crippen molar-refractivity contribution in [3.05, 3.63) is 22.6 Å². The van der Waals surface area contributed by atoms with E-state index >= 15 is 0 Å². The van der Waals surface area contributed by atoms with Crippen LogP contribution in [0.4, 0.5) is 0 Å². The van der Waals surface area contributed by atoms with Crippen LogP contribution in [-0.4, -0.2) is 18.3 Å². The Balaban J connectivity index is 1.88. The maximum absolute atomic E-state index is 9.18. The van der Waals surface area contributed by atoms with Crippen LogP contribution in [0.2, 0.25) is 0 Å². The van der Waals surface area contributed by atoms with Gasteiger partial charge < -0.3 is 14.8 Å². The number of rotatable bonds is 5. The van der Waals surface area contributed by atoms with Crippen molar-refractivity contribution in [3.8, 4) is 0 Å². The molecule has 84 valence electrons. The Morgan fingerprint density at radius 2 is 2.40 bits per heavy atom. The molecule has 1 aromatic rings. The van der Waals surface area contributed by atoms with E-state index in [1.807, 2.05) is 6.07 Å². The van der Waals surface area contributed by atoms with Crippen LogP contribution in [0.3, 0.4) is 0 Å². The average Bonchev–Trinajstić information content (AvgIpc) is 2.91. The normalized spacial score (nSPS) is 20.2. The zero-order valence-electron chi connectivity index (χ0n) is 8.79. The molecule has 1 aliphatic rings. The minimum absolute atomic E-state index is 0.146. The lowest BCUT2D eigenvalue weighted by atomic mass is 10.1. The molecular formula is C11H16BrNO2. The molecule has 0 spiro atoms. The highest BCUT2D eigenvalue weighted by Gasteiger charge is 2.41. The van der Waals surface area contributed by atoms with Crippen LogP contribution in [0, 0.1) is 5.41 Å². The SMILES string of the molecule is CC(NCC1(CO)CC1)c1occc1Br. The molecule has 1 aliphatic carbocycles. The Bertz CT molecular complexity index is 333. The summed E-state index contributed by atoms with van der Waals surface area (Å²) in [5, 5.41) is 12.6. The summed E-state index contributed by atoms with van der Waals surface area (Å²) in [6.45, 7) is 3.21. The van der Waals surface area contributed by atoms with Crippen LogP contribution in [0.15, 0.2) is 21.2 Å². The van der Waals surface area contributed by atoms with Gasteiger partial charge in [-0.25, -0.2) is 0 Å². The van der Waals surface area contributed by atoms with Gasteiger partial charge in [0.2, 0.25) is 0 Å². The molecule has 0 aliphatic heterocycles. The zero-order valence-corrected chi connectivity index (χ0v) is 10.4. The van der Waals surface area contributed by atoms with Gasteiger partial charge in [-0.3, -0.25) is 0 Å². The van der Waals surface area contributed by atoms with Crippen LogP contribution in [0.1, 0.15) is 31.6 Å². The summed E-state index contributed by atoms with van der Waals surface area (Å²) in [6.07, 6.45) is 3.93. The summed E-state index contributed by atoms with van der Waals surface area (Å²) in [5.41, 5.74) is 0.146. The van der Waals surface area contributed by atoms with Gasteiger partial charge in [-0.05, 0) is 41.8 Å². The van der Waals surface area contributed by atoms with E-state index in [1.54, 1.807) is 6.26 Å². The Hall–Kier alpha value is -0.320. The number of halogens is 1. The average molecular weight is 274 g/mol. The summed E-state index contributed by atoms with van der Waals surface area (Å²) in [5.74, 6) is 0.920. The Morgan fingerprint density at radius 3 is 2.87 bits per heavy atom. The molecule has 4 heteroatoms. The van der Waals surface area contributed by atoms with Crippen molar-refractivity contribution in [2.45, 2.75) is 25.8 Å². The molecule has 2 N–H and O–H groups in total. The molecule has 1 atom stereocenters. The number of furan rings is 1. The van der Waals surface area contributed by atoms with E-state index in [2.05, 4.69) is 28.2 Å². The van der Waals surface area contributed by atoms with Gasteiger partial charge in [-0.15, -0.1) is 0 Å². The third-order valence-corrected chi connectivity index (χ3v) is 3.77. The van der Waals surface area contributed by atoms with Gasteiger partial charge in [-0.2, -0.15) is 0 Å². The van der Waals surface area contributed by atoms with Gasteiger partial charge in [-0.1, -0.05) is 0 Å². The molecule has 1 heterocycles. The van der Waals surface area contributed by atoms with E-state index in [4.69, 9.17) is 4.42 Å². The van der Waals surface area contributed by atoms with E-state index < -0.39 is 0 Å². The highest BCUT2D eigenvalue weighted by molar-refractivity contribution is 9.10. The number of aliphatic hydroxyl groups is 1. The van der Waals surface area contributed by atoms with Crippen molar-refractivity contribution in [2.75, 3.05) is 13.2 Å². The molecule has 0 saturated heterocycles. The van der Waals surface area contributed by atoms with E-state index in [1.165, 1.54) is 0 Å². The molecule has 2 rings (SSSR count). The molecular weight excluding hydrogens is 258 g/mol. The van der Waals surface area contributed by atoms with Crippen molar-refractivity contribution in [1.29, 1.82) is 0 Å². The van der Waals surface area contributed by atoms with Crippen molar-refractivity contribution in [2.24, 2.45) is 5.41 Å². The van der Waals surface area contributed by atoms with Crippen LogP contribution in [0.5, 0.6) is 0 Å². The molecule has 0 radical (unpaired) electrons. The second-order valence-corrected chi connectivity index (χ2v) is 5.25. The maximum Gasteiger partial charge on any atom is 0.134 e. The lowest BCUT2D eigenvalue weighted by Gasteiger charge is -2.17. The van der Waals surface area contributed by atoms with Crippen molar-refractivity contribution < 1.29 is 9.52 Å². The second-order valence-electron chi connectivity index (χ2n) is 4.39. The molecule has 0 amide bonds. The van der Waals surface area contributed by atoms with Gasteiger partial charge in [0.1, 0.15) is 5.76 Å². The molecule has 15 heavy (non-hydrogen) atoms. The standard InChI is InChI=1S/C11H16BrNO2/c1-8(10-9(12)2-5-15-10)13-6-11(7-14)3-4-11/h2,5,8,13-14H,3-4,6-7H2,1H3. The zero-order chi connectivity index (χ0) is 10.9. The third kappa shape index (κ3) is 2.44. The molecule has 1 fully saturated rings. The molecule has 1 aromatic heterocycles. The smallest absolute Gasteiger partial charge is 0.134 e. The molecule has 3 nitrogen and oxygen atoms in total. The summed E-state index contributed by atoms with van der Waals surface area (Å²) in [4.78, 5) is 0. The number of hydrogen-bond acceptors (Lipinski definition) is 3. The highest BCUT2D eigenvalue weighted by atomic mass is 79.9. The van der Waals surface area contributed by atoms with E-state index in [-0.39, 0.29) is 18.1 Å². The first kappa shape index (κ1) is 11.2. The van der Waals surface area contributed by atoms with Gasteiger partial charge in [0.25, 0.3) is 0 Å². The lowest BCUT2D eigenvalue weighted by molar-refractivity contribution is 0.203. The van der Waals surface area contributed by atoms with Gasteiger partial charge in [0.15, 0.2) is 0 Å². The maximum atomic E-state index is 9.18. The first-order chi connectivity index (χ1) is 7.17. The summed E-state index contributed by atoms with van der Waals surface area (Å²) in [7, 11) is 0. The Labute approximate surface area is 98.0 Å². The fraction of sp³-hybridized carbons (Fsp3) is 0.636. The topological polar surface area (TPSA) is 45.4 Å². The molecule has 0 aromatic carbocycles. The fourth-order valence-electron chi connectivity index (χ4n) is 1.64. The summed E-state index contributed by atoms with van der Waals surface area (Å²) < 4.78 is 6.37. The summed E-state index contributed by atoms with van der Waals surface area (Å²) >= 11 is 3.44. The van der Waals surface area contributed by atoms with Gasteiger partial charge >= 0.3 is 0 Å². The number of hydrogen-bond donors (Lipinski definition) is 2. The first-order valence-corrected chi connectivity index (χ1v) is 6.03. The van der Waals surface area contributed by atoms with Gasteiger partial charge in [0.05, 0.1) is 16.8 Å². The summed E-state index contributed by atoms with van der Waals surface area (Å²) in [6, 6.07) is 2.07. The number of nitrogens with one attached hydrogen (secondary N) is 1. The Morgan fingerprint density at radius 1 is 1.67 bits per heavy atom. The van der Waals surface area contributed by atoms with Crippen LogP contribution in [0.25, 0.3) is 0 Å². The second kappa shape index (κ2) is 4.28. The molecule has 1 unspecified atom stereocenters. The van der Waals surface area contributed by atoms with Gasteiger partial charge in [0, 0.05) is 18.6 Å².